The van der Waals surface area contributed by atoms with Gasteiger partial charge in [-0.3, -0.25) is 9.59 Å². The van der Waals surface area contributed by atoms with Crippen LogP contribution in [0.4, 0.5) is 0 Å². The fraction of sp³-hybridized carbons (Fsp3) is 0.429. The average Bonchev–Trinajstić information content (AvgIpc) is 3.20. The highest BCUT2D eigenvalue weighted by molar-refractivity contribution is 5.91. The van der Waals surface area contributed by atoms with E-state index in [1.165, 1.54) is 6.08 Å². The van der Waals surface area contributed by atoms with E-state index in [2.05, 4.69) is 24.5 Å². The van der Waals surface area contributed by atoms with Gasteiger partial charge in [-0.1, -0.05) is 13.8 Å². The molecule has 0 bridgehead atoms. The average molecular weight is 370 g/mol. The van der Waals surface area contributed by atoms with Crippen LogP contribution in [0, 0.1) is 12.3 Å². The molecule has 1 aliphatic carbocycles. The Kier molecular flexibility index (Phi) is 5.54. The Balaban J connectivity index is 1.48. The van der Waals surface area contributed by atoms with E-state index in [9.17, 15) is 9.59 Å². The molecule has 2 amide bonds. The molecule has 6 nitrogen and oxygen atoms in total. The molecule has 3 rings (SSSR count). The molecule has 0 radical (unpaired) electrons. The van der Waals surface area contributed by atoms with Crippen molar-refractivity contribution in [2.24, 2.45) is 5.41 Å². The number of hydrogen-bond acceptors (Lipinski definition) is 4. The van der Waals surface area contributed by atoms with E-state index in [1.54, 1.807) is 24.5 Å². The third kappa shape index (κ3) is 5.12. The zero-order valence-corrected chi connectivity index (χ0v) is 16.0. The molecule has 0 aromatic carbocycles. The summed E-state index contributed by atoms with van der Waals surface area (Å²) in [7, 11) is 0. The first-order valence-corrected chi connectivity index (χ1v) is 9.20. The van der Waals surface area contributed by atoms with Crippen molar-refractivity contribution < 1.29 is 18.4 Å². The molecule has 2 aromatic heterocycles. The Morgan fingerprint density at radius 2 is 2.19 bits per heavy atom. The van der Waals surface area contributed by atoms with Gasteiger partial charge in [0.05, 0.1) is 12.3 Å². The van der Waals surface area contributed by atoms with E-state index in [-0.39, 0.29) is 36.2 Å². The second-order valence-electron chi connectivity index (χ2n) is 7.79. The molecule has 2 N–H and O–H groups in total. The molecule has 2 aromatic rings. The van der Waals surface area contributed by atoms with Gasteiger partial charge in [-0.15, -0.1) is 0 Å². The zero-order chi connectivity index (χ0) is 19.4. The van der Waals surface area contributed by atoms with Crippen LogP contribution in [-0.4, -0.2) is 18.4 Å². The summed E-state index contributed by atoms with van der Waals surface area (Å²) in [6.45, 7) is 6.56. The standard InChI is InChI=1S/C21H26N2O4/c1-14-11-16-17(12-21(2,3)13-18(16)27-14)23-20(25)8-9-22-19(24)7-6-15-5-4-10-26-15/h4-7,10-11,17H,8-9,12-13H2,1-3H3,(H,22,24)(H,23,25). The van der Waals surface area contributed by atoms with Crippen molar-refractivity contribution in [2.45, 2.75) is 46.1 Å². The second-order valence-corrected chi connectivity index (χ2v) is 7.79. The van der Waals surface area contributed by atoms with E-state index >= 15 is 0 Å². The van der Waals surface area contributed by atoms with Crippen LogP contribution < -0.4 is 10.6 Å². The summed E-state index contributed by atoms with van der Waals surface area (Å²) in [4.78, 5) is 24.1. The van der Waals surface area contributed by atoms with E-state index in [4.69, 9.17) is 8.83 Å². The van der Waals surface area contributed by atoms with Gasteiger partial charge in [-0.2, -0.15) is 0 Å². The first-order valence-electron chi connectivity index (χ1n) is 9.20. The molecule has 1 atom stereocenters. The van der Waals surface area contributed by atoms with Crippen LogP contribution in [0.1, 0.15) is 55.6 Å². The van der Waals surface area contributed by atoms with E-state index < -0.39 is 0 Å². The Morgan fingerprint density at radius 3 is 2.93 bits per heavy atom. The number of carbonyl (C=O) groups is 2. The number of carbonyl (C=O) groups excluding carboxylic acids is 2. The minimum absolute atomic E-state index is 0.0525. The van der Waals surface area contributed by atoms with Gasteiger partial charge in [0.15, 0.2) is 0 Å². The molecule has 2 heterocycles. The topological polar surface area (TPSA) is 84.5 Å². The molecule has 0 fully saturated rings. The molecule has 144 valence electrons. The monoisotopic (exact) mass is 370 g/mol. The van der Waals surface area contributed by atoms with Crippen molar-refractivity contribution >= 4 is 17.9 Å². The Hall–Kier alpha value is -2.76. The van der Waals surface area contributed by atoms with Crippen LogP contribution in [0.5, 0.6) is 0 Å². The lowest BCUT2D eigenvalue weighted by atomic mass is 9.74. The summed E-state index contributed by atoms with van der Waals surface area (Å²) < 4.78 is 10.9. The largest absolute Gasteiger partial charge is 0.466 e. The smallest absolute Gasteiger partial charge is 0.244 e. The van der Waals surface area contributed by atoms with Crippen LogP contribution in [0.15, 0.2) is 39.4 Å². The number of fused-ring (bicyclic) bond motifs is 1. The quantitative estimate of drug-likeness (QED) is 0.762. The van der Waals surface area contributed by atoms with Gasteiger partial charge < -0.3 is 19.5 Å². The van der Waals surface area contributed by atoms with Crippen molar-refractivity contribution in [1.29, 1.82) is 0 Å². The maximum absolute atomic E-state index is 12.3. The fourth-order valence-electron chi connectivity index (χ4n) is 3.48. The summed E-state index contributed by atoms with van der Waals surface area (Å²) in [5.41, 5.74) is 1.14. The summed E-state index contributed by atoms with van der Waals surface area (Å²) in [5, 5.41) is 5.79. The fourth-order valence-corrected chi connectivity index (χ4v) is 3.48. The number of furan rings is 2. The second kappa shape index (κ2) is 7.86. The van der Waals surface area contributed by atoms with Crippen LogP contribution in [-0.2, 0) is 16.0 Å². The molecular weight excluding hydrogens is 344 g/mol. The number of nitrogens with one attached hydrogen (secondary N) is 2. The maximum atomic E-state index is 12.3. The molecule has 27 heavy (non-hydrogen) atoms. The van der Waals surface area contributed by atoms with Crippen LogP contribution in [0.2, 0.25) is 0 Å². The summed E-state index contributed by atoms with van der Waals surface area (Å²) in [6.07, 6.45) is 6.48. The first-order chi connectivity index (χ1) is 12.8. The van der Waals surface area contributed by atoms with Crippen molar-refractivity contribution in [3.05, 3.63) is 53.4 Å². The third-order valence-electron chi connectivity index (χ3n) is 4.66. The highest BCUT2D eigenvalue weighted by Crippen LogP contribution is 2.41. The summed E-state index contributed by atoms with van der Waals surface area (Å²) >= 11 is 0. The van der Waals surface area contributed by atoms with E-state index in [0.717, 1.165) is 29.9 Å². The maximum Gasteiger partial charge on any atom is 0.244 e. The molecule has 1 unspecified atom stereocenters. The van der Waals surface area contributed by atoms with Gasteiger partial charge in [-0.05, 0) is 43.0 Å². The summed E-state index contributed by atoms with van der Waals surface area (Å²) in [6, 6.07) is 5.47. The normalized spacial score (nSPS) is 18.3. The van der Waals surface area contributed by atoms with E-state index in [1.807, 2.05) is 13.0 Å². The minimum Gasteiger partial charge on any atom is -0.466 e. The Morgan fingerprint density at radius 1 is 1.37 bits per heavy atom. The lowest BCUT2D eigenvalue weighted by Crippen LogP contribution is -2.37. The lowest BCUT2D eigenvalue weighted by molar-refractivity contribution is -0.122. The Labute approximate surface area is 159 Å². The molecule has 0 aliphatic heterocycles. The van der Waals surface area contributed by atoms with Crippen molar-refractivity contribution in [3.8, 4) is 0 Å². The number of aryl methyl sites for hydroxylation is 1. The van der Waals surface area contributed by atoms with E-state index in [0.29, 0.717) is 5.76 Å². The highest BCUT2D eigenvalue weighted by Gasteiger charge is 2.35. The molecular formula is C21H26N2O4. The van der Waals surface area contributed by atoms with Gasteiger partial charge in [0, 0.05) is 31.0 Å². The van der Waals surface area contributed by atoms with Gasteiger partial charge in [0.2, 0.25) is 11.8 Å². The highest BCUT2D eigenvalue weighted by atomic mass is 16.3. The van der Waals surface area contributed by atoms with Gasteiger partial charge in [0.1, 0.15) is 17.3 Å². The minimum atomic E-state index is -0.259. The third-order valence-corrected chi connectivity index (χ3v) is 4.66. The van der Waals surface area contributed by atoms with Crippen LogP contribution in [0.25, 0.3) is 6.08 Å². The SMILES string of the molecule is Cc1cc2c(o1)CC(C)(C)CC2NC(=O)CCNC(=O)C=Cc1ccco1. The van der Waals surface area contributed by atoms with Crippen LogP contribution in [0.3, 0.4) is 0 Å². The number of hydrogen-bond donors (Lipinski definition) is 2. The predicted molar refractivity (Wildman–Crippen MR) is 102 cm³/mol. The van der Waals surface area contributed by atoms with Crippen molar-refractivity contribution in [1.82, 2.24) is 10.6 Å². The number of amides is 2. The Bertz CT molecular complexity index is 830. The number of rotatable bonds is 6. The van der Waals surface area contributed by atoms with Gasteiger partial charge in [0.25, 0.3) is 0 Å². The van der Waals surface area contributed by atoms with Crippen molar-refractivity contribution in [3.63, 3.8) is 0 Å². The zero-order valence-electron chi connectivity index (χ0n) is 16.0. The predicted octanol–water partition coefficient (Wildman–Crippen LogP) is 3.53. The van der Waals surface area contributed by atoms with Gasteiger partial charge >= 0.3 is 0 Å². The molecule has 0 spiro atoms. The van der Waals surface area contributed by atoms with Crippen molar-refractivity contribution in [2.75, 3.05) is 6.54 Å². The lowest BCUT2D eigenvalue weighted by Gasteiger charge is -2.34. The summed E-state index contributed by atoms with van der Waals surface area (Å²) in [5.74, 6) is 2.09. The van der Waals surface area contributed by atoms with Crippen LogP contribution >= 0.6 is 0 Å². The molecule has 6 heteroatoms. The first kappa shape index (κ1) is 19.0. The molecule has 1 aliphatic rings. The molecule has 0 saturated carbocycles. The van der Waals surface area contributed by atoms with Gasteiger partial charge in [-0.25, -0.2) is 0 Å². The molecule has 0 saturated heterocycles.